The first-order valence-electron chi connectivity index (χ1n) is 12.8. The van der Waals surface area contributed by atoms with Gasteiger partial charge in [0.05, 0.1) is 12.1 Å². The molecule has 3 aromatic carbocycles. The predicted molar refractivity (Wildman–Crippen MR) is 150 cm³/mol. The summed E-state index contributed by atoms with van der Waals surface area (Å²) in [7, 11) is 0. The second-order valence-corrected chi connectivity index (χ2v) is 9.82. The summed E-state index contributed by atoms with van der Waals surface area (Å²) in [6, 6.07) is 15.5. The van der Waals surface area contributed by atoms with Crippen molar-refractivity contribution in [3.05, 3.63) is 100 Å². The zero-order valence-electron chi connectivity index (χ0n) is 22.2. The highest BCUT2D eigenvalue weighted by molar-refractivity contribution is 5.97. The zero-order valence-corrected chi connectivity index (χ0v) is 23.0. The van der Waals surface area contributed by atoms with Gasteiger partial charge in [0.1, 0.15) is 17.2 Å². The minimum atomic E-state index is -1.03. The SMILES string of the molecule is CCc1cccc(CNC[C@@H](O)[C@H](Cc2cc(F)cc(F)c2)NC(=O)c2ccc3oc(C(C)C)nc3c2)c1.Cl. The number of hydrogen-bond donors (Lipinski definition) is 3. The lowest BCUT2D eigenvalue weighted by Gasteiger charge is -2.25. The van der Waals surface area contributed by atoms with E-state index in [0.29, 0.717) is 34.7 Å². The van der Waals surface area contributed by atoms with Gasteiger partial charge in [0.15, 0.2) is 11.5 Å². The maximum Gasteiger partial charge on any atom is 0.251 e. The summed E-state index contributed by atoms with van der Waals surface area (Å²) >= 11 is 0. The Kier molecular flexibility index (Phi) is 10.6. The first-order chi connectivity index (χ1) is 18.2. The lowest BCUT2D eigenvalue weighted by molar-refractivity contribution is 0.0830. The standard InChI is InChI=1S/C30H33F2N3O3.ClH/c1-4-19-6-5-7-20(10-19)16-33-17-27(36)25(13-21-11-23(31)15-24(32)12-21)34-29(37)22-8-9-28-26(14-22)35-30(38-28)18(2)3;/h5-12,14-15,18,25,27,33,36H,4,13,16-17H2,1-3H3,(H,34,37);1H/t25-,27+;/m0./s1. The Morgan fingerprint density at radius 3 is 2.41 bits per heavy atom. The van der Waals surface area contributed by atoms with Crippen molar-refractivity contribution in [2.75, 3.05) is 6.54 Å². The number of aromatic nitrogens is 1. The molecule has 1 amide bonds. The van der Waals surface area contributed by atoms with E-state index in [0.717, 1.165) is 18.1 Å². The number of carbonyl (C=O) groups excluding carboxylic acids is 1. The van der Waals surface area contributed by atoms with E-state index in [-0.39, 0.29) is 31.3 Å². The van der Waals surface area contributed by atoms with Gasteiger partial charge in [0.25, 0.3) is 5.91 Å². The van der Waals surface area contributed by atoms with E-state index < -0.39 is 29.7 Å². The van der Waals surface area contributed by atoms with E-state index in [2.05, 4.69) is 34.7 Å². The van der Waals surface area contributed by atoms with Crippen LogP contribution >= 0.6 is 12.4 Å². The van der Waals surface area contributed by atoms with E-state index in [1.165, 1.54) is 17.7 Å². The molecule has 1 heterocycles. The zero-order chi connectivity index (χ0) is 27.2. The van der Waals surface area contributed by atoms with E-state index in [1.54, 1.807) is 18.2 Å². The molecule has 0 fully saturated rings. The van der Waals surface area contributed by atoms with E-state index in [1.807, 2.05) is 26.0 Å². The molecule has 0 spiro atoms. The maximum absolute atomic E-state index is 13.8. The Bertz CT molecular complexity index is 1390. The minimum Gasteiger partial charge on any atom is -0.440 e. The number of aliphatic hydroxyl groups excluding tert-OH is 1. The molecular weight excluding hydrogens is 524 g/mol. The number of oxazole rings is 1. The van der Waals surface area contributed by atoms with Gasteiger partial charge in [0, 0.05) is 30.6 Å². The summed E-state index contributed by atoms with van der Waals surface area (Å²) in [5, 5.41) is 17.1. The number of benzene rings is 3. The van der Waals surface area contributed by atoms with Crippen molar-refractivity contribution in [3.8, 4) is 0 Å². The fourth-order valence-corrected chi connectivity index (χ4v) is 4.32. The number of hydrogen-bond acceptors (Lipinski definition) is 5. The number of rotatable bonds is 11. The van der Waals surface area contributed by atoms with Crippen molar-refractivity contribution in [1.82, 2.24) is 15.6 Å². The Morgan fingerprint density at radius 2 is 1.72 bits per heavy atom. The smallest absolute Gasteiger partial charge is 0.251 e. The van der Waals surface area contributed by atoms with E-state index in [4.69, 9.17) is 4.42 Å². The molecule has 208 valence electrons. The first kappa shape index (κ1) is 30.2. The highest BCUT2D eigenvalue weighted by atomic mass is 35.5. The van der Waals surface area contributed by atoms with Gasteiger partial charge < -0.3 is 20.2 Å². The van der Waals surface area contributed by atoms with Crippen molar-refractivity contribution in [2.24, 2.45) is 0 Å². The number of amides is 1. The molecule has 6 nitrogen and oxygen atoms in total. The molecule has 2 atom stereocenters. The second-order valence-electron chi connectivity index (χ2n) is 9.82. The normalized spacial score (nSPS) is 12.8. The summed E-state index contributed by atoms with van der Waals surface area (Å²) < 4.78 is 33.4. The van der Waals surface area contributed by atoms with Crippen LogP contribution in [0.15, 0.2) is 65.1 Å². The predicted octanol–water partition coefficient (Wildman–Crippen LogP) is 5.71. The number of carbonyl (C=O) groups is 1. The number of aryl methyl sites for hydroxylation is 1. The molecule has 9 heteroatoms. The van der Waals surface area contributed by atoms with Gasteiger partial charge in [-0.05, 0) is 59.9 Å². The monoisotopic (exact) mass is 557 g/mol. The highest BCUT2D eigenvalue weighted by Gasteiger charge is 2.23. The number of fused-ring (bicyclic) bond motifs is 1. The summed E-state index contributed by atoms with van der Waals surface area (Å²) in [6.07, 6.45) is -0.0608. The van der Waals surface area contributed by atoms with Crippen LogP contribution in [0.2, 0.25) is 0 Å². The average molecular weight is 558 g/mol. The summed E-state index contributed by atoms with van der Waals surface area (Å²) in [5.41, 5.74) is 4.10. The number of nitrogens with zero attached hydrogens (tertiary/aromatic N) is 1. The summed E-state index contributed by atoms with van der Waals surface area (Å²) in [6.45, 7) is 6.71. The third-order valence-electron chi connectivity index (χ3n) is 6.40. The molecule has 0 aliphatic rings. The van der Waals surface area contributed by atoms with Crippen LogP contribution in [-0.4, -0.2) is 34.7 Å². The Labute approximate surface area is 233 Å². The molecule has 0 aliphatic heterocycles. The van der Waals surface area contributed by atoms with Crippen LogP contribution < -0.4 is 10.6 Å². The lowest BCUT2D eigenvalue weighted by atomic mass is 10.00. The molecule has 4 rings (SSSR count). The minimum absolute atomic E-state index is 0. The lowest BCUT2D eigenvalue weighted by Crippen LogP contribution is -2.48. The number of aliphatic hydroxyl groups is 1. The van der Waals surface area contributed by atoms with Crippen molar-refractivity contribution < 1.29 is 23.1 Å². The van der Waals surface area contributed by atoms with Crippen molar-refractivity contribution in [2.45, 2.75) is 58.2 Å². The molecule has 39 heavy (non-hydrogen) atoms. The fourth-order valence-electron chi connectivity index (χ4n) is 4.32. The molecular formula is C30H34ClF2N3O3. The Balaban J connectivity index is 0.00000420. The molecule has 0 radical (unpaired) electrons. The van der Waals surface area contributed by atoms with Crippen LogP contribution in [0.5, 0.6) is 0 Å². The van der Waals surface area contributed by atoms with Gasteiger partial charge in [-0.25, -0.2) is 13.8 Å². The largest absolute Gasteiger partial charge is 0.440 e. The molecule has 1 aromatic heterocycles. The average Bonchev–Trinajstić information content (AvgIpc) is 3.32. The van der Waals surface area contributed by atoms with Crippen molar-refractivity contribution >= 4 is 29.4 Å². The van der Waals surface area contributed by atoms with Gasteiger partial charge in [0.2, 0.25) is 0 Å². The van der Waals surface area contributed by atoms with Crippen molar-refractivity contribution in [1.29, 1.82) is 0 Å². The summed E-state index contributed by atoms with van der Waals surface area (Å²) in [4.78, 5) is 17.6. The molecule has 4 aromatic rings. The van der Waals surface area contributed by atoms with Crippen LogP contribution in [-0.2, 0) is 19.4 Å². The number of halogens is 3. The van der Waals surface area contributed by atoms with Gasteiger partial charge in [-0.1, -0.05) is 45.0 Å². The molecule has 0 saturated heterocycles. The van der Waals surface area contributed by atoms with Crippen LogP contribution in [0.4, 0.5) is 8.78 Å². The van der Waals surface area contributed by atoms with E-state index >= 15 is 0 Å². The summed E-state index contributed by atoms with van der Waals surface area (Å²) in [5.74, 6) is -1.19. The van der Waals surface area contributed by atoms with Crippen LogP contribution in [0.25, 0.3) is 11.1 Å². The van der Waals surface area contributed by atoms with Crippen molar-refractivity contribution in [3.63, 3.8) is 0 Å². The fraction of sp³-hybridized carbons (Fsp3) is 0.333. The first-order valence-corrected chi connectivity index (χ1v) is 12.8. The highest BCUT2D eigenvalue weighted by Crippen LogP contribution is 2.22. The van der Waals surface area contributed by atoms with Crippen LogP contribution in [0, 0.1) is 11.6 Å². The van der Waals surface area contributed by atoms with E-state index in [9.17, 15) is 18.7 Å². The quantitative estimate of drug-likeness (QED) is 0.220. The van der Waals surface area contributed by atoms with Gasteiger partial charge in [-0.15, -0.1) is 12.4 Å². The molecule has 3 N–H and O–H groups in total. The second kappa shape index (κ2) is 13.6. The molecule has 0 bridgehead atoms. The van der Waals surface area contributed by atoms with Gasteiger partial charge in [-0.2, -0.15) is 0 Å². The van der Waals surface area contributed by atoms with Gasteiger partial charge in [-0.3, -0.25) is 4.79 Å². The Hall–Kier alpha value is -3.33. The van der Waals surface area contributed by atoms with Gasteiger partial charge >= 0.3 is 0 Å². The Morgan fingerprint density at radius 1 is 1.00 bits per heavy atom. The molecule has 0 aliphatic carbocycles. The van der Waals surface area contributed by atoms with Crippen LogP contribution in [0.3, 0.4) is 0 Å². The molecule has 0 saturated carbocycles. The maximum atomic E-state index is 13.8. The third-order valence-corrected chi connectivity index (χ3v) is 6.40. The molecule has 0 unspecified atom stereocenters. The van der Waals surface area contributed by atoms with Crippen LogP contribution in [0.1, 0.15) is 59.6 Å². The number of nitrogens with one attached hydrogen (secondary N) is 2. The topological polar surface area (TPSA) is 87.4 Å². The third kappa shape index (κ3) is 8.08.